The molecule has 0 aromatic carbocycles. The summed E-state index contributed by atoms with van der Waals surface area (Å²) >= 11 is 0. The van der Waals surface area contributed by atoms with Crippen molar-refractivity contribution in [2.24, 2.45) is 0 Å². The number of carbonyl (C=O) groups excluding carboxylic acids is 1. The summed E-state index contributed by atoms with van der Waals surface area (Å²) in [5.41, 5.74) is 1.17. The largest absolute Gasteiger partial charge is 0.465 e. The molecule has 0 amide bonds. The molecule has 1 aliphatic rings. The fourth-order valence-corrected chi connectivity index (χ4v) is 2.11. The van der Waals surface area contributed by atoms with Gasteiger partial charge in [0.2, 0.25) is 0 Å². The van der Waals surface area contributed by atoms with Gasteiger partial charge in [-0.15, -0.1) is 0 Å². The predicted molar refractivity (Wildman–Crippen MR) is 67.7 cm³/mol. The molecule has 1 N–H and O–H groups in total. The fourth-order valence-electron chi connectivity index (χ4n) is 2.11. The number of aromatic nitrogens is 1. The Labute approximate surface area is 112 Å². The van der Waals surface area contributed by atoms with Crippen molar-refractivity contribution in [3.63, 3.8) is 0 Å². The summed E-state index contributed by atoms with van der Waals surface area (Å²) in [5.74, 6) is -0.380. The van der Waals surface area contributed by atoms with E-state index < -0.39 is 0 Å². The minimum Gasteiger partial charge on any atom is -0.465 e. The van der Waals surface area contributed by atoms with Gasteiger partial charge in [0, 0.05) is 25.8 Å². The number of aliphatic hydroxyl groups is 1. The number of esters is 1. The molecule has 6 heteroatoms. The highest BCUT2D eigenvalue weighted by atomic mass is 16.5. The van der Waals surface area contributed by atoms with Crippen LogP contribution in [0.25, 0.3) is 0 Å². The van der Waals surface area contributed by atoms with Gasteiger partial charge in [0.1, 0.15) is 0 Å². The Balaban J connectivity index is 2.08. The van der Waals surface area contributed by atoms with Crippen molar-refractivity contribution in [2.75, 3.05) is 33.4 Å². The monoisotopic (exact) mass is 266 g/mol. The number of pyridine rings is 1. The van der Waals surface area contributed by atoms with Crippen molar-refractivity contribution >= 4 is 5.97 Å². The second-order valence-electron chi connectivity index (χ2n) is 4.40. The number of hydrogen-bond acceptors (Lipinski definition) is 6. The van der Waals surface area contributed by atoms with Gasteiger partial charge < -0.3 is 14.6 Å². The van der Waals surface area contributed by atoms with Gasteiger partial charge in [0.05, 0.1) is 37.7 Å². The molecule has 0 aliphatic carbocycles. The summed E-state index contributed by atoms with van der Waals surface area (Å²) in [5, 5.41) is 9.11. The van der Waals surface area contributed by atoms with Crippen molar-refractivity contribution in [1.82, 2.24) is 9.88 Å². The summed E-state index contributed by atoms with van der Waals surface area (Å²) in [4.78, 5) is 18.0. The molecule has 1 saturated heterocycles. The molecule has 2 heterocycles. The molecular weight excluding hydrogens is 248 g/mol. The molecule has 2 rings (SSSR count). The highest BCUT2D eigenvalue weighted by Gasteiger charge is 2.22. The van der Waals surface area contributed by atoms with Gasteiger partial charge in [-0.3, -0.25) is 9.88 Å². The molecule has 104 valence electrons. The Bertz CT molecular complexity index is 438. The SMILES string of the molecule is COC(=O)c1cccnc1CN1CCOC(CO)C1. The molecular formula is C13H18N2O4. The van der Waals surface area contributed by atoms with Crippen LogP contribution in [-0.4, -0.2) is 60.5 Å². The first-order valence-corrected chi connectivity index (χ1v) is 6.21. The van der Waals surface area contributed by atoms with E-state index in [1.54, 1.807) is 18.3 Å². The summed E-state index contributed by atoms with van der Waals surface area (Å²) in [6.45, 7) is 2.51. The molecule has 1 aromatic heterocycles. The van der Waals surface area contributed by atoms with Crippen LogP contribution in [0.1, 0.15) is 16.1 Å². The number of ether oxygens (including phenoxy) is 2. The number of morpholine rings is 1. The summed E-state index contributed by atoms with van der Waals surface area (Å²) in [6, 6.07) is 3.42. The third-order valence-corrected chi connectivity index (χ3v) is 3.10. The van der Waals surface area contributed by atoms with Gasteiger partial charge in [-0.1, -0.05) is 0 Å². The zero-order chi connectivity index (χ0) is 13.7. The van der Waals surface area contributed by atoms with E-state index in [1.165, 1.54) is 7.11 Å². The van der Waals surface area contributed by atoms with Crippen molar-refractivity contribution in [2.45, 2.75) is 12.6 Å². The van der Waals surface area contributed by atoms with Crippen LogP contribution in [0.15, 0.2) is 18.3 Å². The quantitative estimate of drug-likeness (QED) is 0.777. The normalized spacial score (nSPS) is 20.2. The molecule has 0 bridgehead atoms. The smallest absolute Gasteiger partial charge is 0.339 e. The lowest BCUT2D eigenvalue weighted by atomic mass is 10.1. The van der Waals surface area contributed by atoms with E-state index in [-0.39, 0.29) is 18.7 Å². The topological polar surface area (TPSA) is 71.9 Å². The number of aliphatic hydroxyl groups excluding tert-OH is 1. The highest BCUT2D eigenvalue weighted by molar-refractivity contribution is 5.90. The van der Waals surface area contributed by atoms with Crippen LogP contribution >= 0.6 is 0 Å². The van der Waals surface area contributed by atoms with E-state index in [4.69, 9.17) is 14.6 Å². The van der Waals surface area contributed by atoms with Crippen LogP contribution in [0.3, 0.4) is 0 Å². The van der Waals surface area contributed by atoms with E-state index in [1.807, 2.05) is 0 Å². The van der Waals surface area contributed by atoms with E-state index >= 15 is 0 Å². The second kappa shape index (κ2) is 6.60. The third kappa shape index (κ3) is 3.50. The zero-order valence-electron chi connectivity index (χ0n) is 10.9. The number of nitrogens with zero attached hydrogens (tertiary/aromatic N) is 2. The van der Waals surface area contributed by atoms with Gasteiger partial charge in [-0.2, -0.15) is 0 Å². The van der Waals surface area contributed by atoms with E-state index in [0.29, 0.717) is 31.0 Å². The molecule has 1 atom stereocenters. The first-order chi connectivity index (χ1) is 9.24. The van der Waals surface area contributed by atoms with Crippen molar-refractivity contribution < 1.29 is 19.4 Å². The minimum absolute atomic E-state index is 0.00256. The Morgan fingerprint density at radius 3 is 3.26 bits per heavy atom. The highest BCUT2D eigenvalue weighted by Crippen LogP contribution is 2.13. The average molecular weight is 266 g/mol. The number of hydrogen-bond donors (Lipinski definition) is 1. The Morgan fingerprint density at radius 1 is 1.68 bits per heavy atom. The maximum absolute atomic E-state index is 11.7. The van der Waals surface area contributed by atoms with Crippen molar-refractivity contribution in [3.8, 4) is 0 Å². The molecule has 0 radical (unpaired) electrons. The first-order valence-electron chi connectivity index (χ1n) is 6.21. The van der Waals surface area contributed by atoms with Gasteiger partial charge >= 0.3 is 5.97 Å². The second-order valence-corrected chi connectivity index (χ2v) is 4.40. The molecule has 1 fully saturated rings. The van der Waals surface area contributed by atoms with Gasteiger partial charge in [-0.05, 0) is 12.1 Å². The van der Waals surface area contributed by atoms with Crippen LogP contribution in [0, 0.1) is 0 Å². The predicted octanol–water partition coefficient (Wildman–Crippen LogP) is 0.0613. The lowest BCUT2D eigenvalue weighted by Gasteiger charge is -2.31. The summed E-state index contributed by atoms with van der Waals surface area (Å²) in [6.07, 6.45) is 1.49. The van der Waals surface area contributed by atoms with E-state index in [2.05, 4.69) is 9.88 Å². The molecule has 1 aromatic rings. The molecule has 0 saturated carbocycles. The average Bonchev–Trinajstić information content (AvgIpc) is 2.47. The molecule has 1 unspecified atom stereocenters. The van der Waals surface area contributed by atoms with Gasteiger partial charge in [0.25, 0.3) is 0 Å². The third-order valence-electron chi connectivity index (χ3n) is 3.10. The fraction of sp³-hybridized carbons (Fsp3) is 0.538. The van der Waals surface area contributed by atoms with Crippen LogP contribution in [0.4, 0.5) is 0 Å². The summed E-state index contributed by atoms with van der Waals surface area (Å²) < 4.78 is 10.1. The molecule has 1 aliphatic heterocycles. The maximum atomic E-state index is 11.7. The Hall–Kier alpha value is -1.50. The zero-order valence-corrected chi connectivity index (χ0v) is 10.9. The number of carbonyl (C=O) groups is 1. The Morgan fingerprint density at radius 2 is 2.53 bits per heavy atom. The standard InChI is InChI=1S/C13H18N2O4/c1-18-13(17)11-3-2-4-14-12(11)8-15-5-6-19-10(7-15)9-16/h2-4,10,16H,5-9H2,1H3. The van der Waals surface area contributed by atoms with E-state index in [0.717, 1.165) is 6.54 Å². The van der Waals surface area contributed by atoms with Crippen molar-refractivity contribution in [1.29, 1.82) is 0 Å². The van der Waals surface area contributed by atoms with Gasteiger partial charge in [0.15, 0.2) is 0 Å². The Kier molecular flexibility index (Phi) is 4.84. The number of rotatable bonds is 4. The first kappa shape index (κ1) is 13.9. The number of methoxy groups -OCH3 is 1. The van der Waals surface area contributed by atoms with Crippen LogP contribution in [0.2, 0.25) is 0 Å². The molecule has 0 spiro atoms. The van der Waals surface area contributed by atoms with Gasteiger partial charge in [-0.25, -0.2) is 4.79 Å². The molecule has 19 heavy (non-hydrogen) atoms. The van der Waals surface area contributed by atoms with Crippen LogP contribution in [0.5, 0.6) is 0 Å². The lowest BCUT2D eigenvalue weighted by Crippen LogP contribution is -2.43. The maximum Gasteiger partial charge on any atom is 0.339 e. The minimum atomic E-state index is -0.380. The summed E-state index contributed by atoms with van der Waals surface area (Å²) in [7, 11) is 1.36. The van der Waals surface area contributed by atoms with E-state index in [9.17, 15) is 4.79 Å². The van der Waals surface area contributed by atoms with Crippen LogP contribution in [-0.2, 0) is 16.0 Å². The molecule has 6 nitrogen and oxygen atoms in total. The lowest BCUT2D eigenvalue weighted by molar-refractivity contribution is -0.0554. The van der Waals surface area contributed by atoms with Crippen LogP contribution < -0.4 is 0 Å². The van der Waals surface area contributed by atoms with Crippen molar-refractivity contribution in [3.05, 3.63) is 29.6 Å².